The van der Waals surface area contributed by atoms with Crippen molar-refractivity contribution < 1.29 is 0 Å². The Kier molecular flexibility index (Phi) is 2.96. The second kappa shape index (κ2) is 4.84. The van der Waals surface area contributed by atoms with Gasteiger partial charge in [-0.15, -0.1) is 0 Å². The molecule has 0 bridgehead atoms. The number of fused-ring (bicyclic) bond motifs is 2. The average Bonchev–Trinajstić information content (AvgIpc) is 2.87. The first-order valence-electron chi connectivity index (χ1n) is 7.04. The summed E-state index contributed by atoms with van der Waals surface area (Å²) >= 11 is 3.67. The number of aromatic nitrogens is 3. The molecule has 4 rings (SSSR count). The zero-order valence-electron chi connectivity index (χ0n) is 11.8. The van der Waals surface area contributed by atoms with E-state index in [4.69, 9.17) is 0 Å². The molecule has 21 heavy (non-hydrogen) atoms. The van der Waals surface area contributed by atoms with Gasteiger partial charge in [0, 0.05) is 30.0 Å². The molecule has 0 fully saturated rings. The predicted octanol–water partition coefficient (Wildman–Crippen LogP) is 3.36. The van der Waals surface area contributed by atoms with Gasteiger partial charge in [0.2, 0.25) is 0 Å². The summed E-state index contributed by atoms with van der Waals surface area (Å²) in [5.41, 5.74) is 4.88. The van der Waals surface area contributed by atoms with E-state index in [9.17, 15) is 0 Å². The van der Waals surface area contributed by atoms with Gasteiger partial charge in [-0.2, -0.15) is 5.10 Å². The van der Waals surface area contributed by atoms with Crippen LogP contribution in [0, 0.1) is 6.92 Å². The summed E-state index contributed by atoms with van der Waals surface area (Å²) in [6, 6.07) is 8.53. The second-order valence-corrected chi connectivity index (χ2v) is 6.27. The van der Waals surface area contributed by atoms with Gasteiger partial charge in [-0.3, -0.25) is 0 Å². The van der Waals surface area contributed by atoms with Crippen LogP contribution in [0.2, 0.25) is 0 Å². The van der Waals surface area contributed by atoms with E-state index in [0.29, 0.717) is 0 Å². The number of hydrogen-bond acceptors (Lipinski definition) is 3. The van der Waals surface area contributed by atoms with E-state index < -0.39 is 0 Å². The van der Waals surface area contributed by atoms with E-state index in [1.165, 1.54) is 15.6 Å². The molecule has 4 nitrogen and oxygen atoms in total. The van der Waals surface area contributed by atoms with Gasteiger partial charge in [0.25, 0.3) is 0 Å². The molecule has 106 valence electrons. The lowest BCUT2D eigenvalue weighted by Crippen LogP contribution is -2.31. The van der Waals surface area contributed by atoms with Crippen molar-refractivity contribution in [3.05, 3.63) is 58.0 Å². The Labute approximate surface area is 131 Å². The molecule has 0 N–H and O–H groups in total. The molecule has 3 aromatic rings. The molecule has 0 amide bonds. The molecule has 1 aliphatic rings. The largest absolute Gasteiger partial charge is 0.350 e. The zero-order chi connectivity index (χ0) is 14.4. The number of aryl methyl sites for hydroxylation is 1. The minimum atomic E-state index is 0.883. The van der Waals surface area contributed by atoms with Crippen LogP contribution in [0.1, 0.15) is 16.8 Å². The van der Waals surface area contributed by atoms with E-state index in [-0.39, 0.29) is 0 Å². The minimum absolute atomic E-state index is 0.883. The van der Waals surface area contributed by atoms with Crippen molar-refractivity contribution in [2.24, 2.45) is 0 Å². The maximum Gasteiger partial charge on any atom is 0.155 e. The molecule has 0 atom stereocenters. The van der Waals surface area contributed by atoms with Gasteiger partial charge < -0.3 is 4.90 Å². The van der Waals surface area contributed by atoms with Gasteiger partial charge >= 0.3 is 0 Å². The molecule has 0 saturated heterocycles. The number of halogens is 1. The topological polar surface area (TPSA) is 33.4 Å². The van der Waals surface area contributed by atoms with Crippen LogP contribution >= 0.6 is 15.9 Å². The maximum atomic E-state index is 4.60. The molecular weight excluding hydrogens is 328 g/mol. The number of rotatable bonds is 1. The Balaban J connectivity index is 1.79. The Morgan fingerprint density at radius 3 is 3.10 bits per heavy atom. The van der Waals surface area contributed by atoms with Crippen LogP contribution in [0.15, 0.2) is 41.1 Å². The molecule has 5 heteroatoms. The summed E-state index contributed by atoms with van der Waals surface area (Å²) in [4.78, 5) is 6.93. The van der Waals surface area contributed by atoms with Crippen molar-refractivity contribution in [2.45, 2.75) is 19.9 Å². The highest BCUT2D eigenvalue weighted by molar-refractivity contribution is 9.10. The third kappa shape index (κ3) is 2.12. The van der Waals surface area contributed by atoms with Gasteiger partial charge in [0.1, 0.15) is 5.52 Å². The molecule has 3 heterocycles. The van der Waals surface area contributed by atoms with Crippen molar-refractivity contribution >= 4 is 27.3 Å². The van der Waals surface area contributed by atoms with Crippen molar-refractivity contribution in [1.82, 2.24) is 14.6 Å². The Hall–Kier alpha value is -1.88. The van der Waals surface area contributed by atoms with Crippen LogP contribution in [0.3, 0.4) is 0 Å². The molecule has 0 radical (unpaired) electrons. The predicted molar refractivity (Wildman–Crippen MR) is 86.6 cm³/mol. The Bertz CT molecular complexity index is 824. The molecule has 0 unspecified atom stereocenters. The first kappa shape index (κ1) is 12.8. The van der Waals surface area contributed by atoms with Gasteiger partial charge in [-0.25, -0.2) is 9.50 Å². The van der Waals surface area contributed by atoms with Gasteiger partial charge in [-0.1, -0.05) is 28.1 Å². The monoisotopic (exact) mass is 342 g/mol. The van der Waals surface area contributed by atoms with E-state index in [1.54, 1.807) is 0 Å². The molecule has 0 saturated carbocycles. The van der Waals surface area contributed by atoms with Crippen molar-refractivity contribution in [3.8, 4) is 0 Å². The van der Waals surface area contributed by atoms with Crippen LogP contribution in [-0.4, -0.2) is 21.1 Å². The van der Waals surface area contributed by atoms with Crippen molar-refractivity contribution in [3.63, 3.8) is 0 Å². The Morgan fingerprint density at radius 2 is 2.19 bits per heavy atom. The fourth-order valence-corrected chi connectivity index (χ4v) is 3.53. The van der Waals surface area contributed by atoms with E-state index >= 15 is 0 Å². The third-order valence-corrected chi connectivity index (χ3v) is 4.75. The van der Waals surface area contributed by atoms with E-state index in [2.05, 4.69) is 55.2 Å². The van der Waals surface area contributed by atoms with Crippen LogP contribution in [-0.2, 0) is 13.0 Å². The number of hydrogen-bond donors (Lipinski definition) is 0. The van der Waals surface area contributed by atoms with Crippen LogP contribution in [0.25, 0.3) is 5.52 Å². The first-order chi connectivity index (χ1) is 10.2. The summed E-state index contributed by atoms with van der Waals surface area (Å²) in [5.74, 6) is 1.01. The summed E-state index contributed by atoms with van der Waals surface area (Å²) in [7, 11) is 0. The fourth-order valence-electron chi connectivity index (χ4n) is 2.99. The fraction of sp³-hybridized carbons (Fsp3) is 0.250. The van der Waals surface area contributed by atoms with Crippen LogP contribution in [0.4, 0.5) is 5.82 Å². The van der Waals surface area contributed by atoms with Crippen LogP contribution < -0.4 is 4.90 Å². The number of nitrogens with zero attached hydrogens (tertiary/aromatic N) is 4. The summed E-state index contributed by atoms with van der Waals surface area (Å²) in [5, 5.41) is 4.47. The standard InChI is InChI=1S/C16H15BrN4/c1-11-9-15-16(18-6-8-21(15)19-11)20-7-5-12-3-2-4-14(17)13(12)10-20/h2-4,6,8-9H,5,7,10H2,1H3. The smallest absolute Gasteiger partial charge is 0.155 e. The molecule has 0 spiro atoms. The van der Waals surface area contributed by atoms with Crippen LogP contribution in [0.5, 0.6) is 0 Å². The molecular formula is C16H15BrN4. The highest BCUT2D eigenvalue weighted by atomic mass is 79.9. The summed E-state index contributed by atoms with van der Waals surface area (Å²) in [6.45, 7) is 3.88. The maximum absolute atomic E-state index is 4.60. The van der Waals surface area contributed by atoms with E-state index in [1.807, 2.05) is 23.8 Å². The SMILES string of the molecule is Cc1cc2c(N3CCc4cccc(Br)c4C3)nccn2n1. The average molecular weight is 343 g/mol. The number of anilines is 1. The Morgan fingerprint density at radius 1 is 1.29 bits per heavy atom. The lowest BCUT2D eigenvalue weighted by molar-refractivity contribution is 0.717. The third-order valence-electron chi connectivity index (χ3n) is 4.01. The van der Waals surface area contributed by atoms with E-state index in [0.717, 1.165) is 36.5 Å². The summed E-state index contributed by atoms with van der Waals surface area (Å²) in [6.07, 6.45) is 4.77. The molecule has 1 aromatic carbocycles. The lowest BCUT2D eigenvalue weighted by atomic mass is 10.00. The van der Waals surface area contributed by atoms with Gasteiger partial charge in [0.05, 0.1) is 5.69 Å². The molecule has 2 aromatic heterocycles. The molecule has 0 aliphatic carbocycles. The first-order valence-corrected chi connectivity index (χ1v) is 7.84. The second-order valence-electron chi connectivity index (χ2n) is 5.42. The summed E-state index contributed by atoms with van der Waals surface area (Å²) < 4.78 is 3.09. The van der Waals surface area contributed by atoms with Gasteiger partial charge in [-0.05, 0) is 36.6 Å². The molecule has 1 aliphatic heterocycles. The lowest BCUT2D eigenvalue weighted by Gasteiger charge is -2.30. The quantitative estimate of drug-likeness (QED) is 0.679. The zero-order valence-corrected chi connectivity index (χ0v) is 13.3. The van der Waals surface area contributed by atoms with Crippen molar-refractivity contribution in [2.75, 3.05) is 11.4 Å². The van der Waals surface area contributed by atoms with Crippen molar-refractivity contribution in [1.29, 1.82) is 0 Å². The highest BCUT2D eigenvalue weighted by Gasteiger charge is 2.21. The normalized spacial score (nSPS) is 14.5. The highest BCUT2D eigenvalue weighted by Crippen LogP contribution is 2.30. The number of benzene rings is 1. The minimum Gasteiger partial charge on any atom is -0.350 e. The van der Waals surface area contributed by atoms with Gasteiger partial charge in [0.15, 0.2) is 5.82 Å².